The molecule has 0 radical (unpaired) electrons. The van der Waals surface area contributed by atoms with Crippen LogP contribution in [-0.4, -0.2) is 9.78 Å². The maximum atomic E-state index is 6.46. The first-order valence-corrected chi connectivity index (χ1v) is 6.87. The first-order valence-electron chi connectivity index (χ1n) is 6.49. The van der Waals surface area contributed by atoms with Gasteiger partial charge in [-0.3, -0.25) is 4.68 Å². The van der Waals surface area contributed by atoms with Gasteiger partial charge in [0.15, 0.2) is 0 Å². The summed E-state index contributed by atoms with van der Waals surface area (Å²) in [6.45, 7) is 4.14. The van der Waals surface area contributed by atoms with Crippen LogP contribution < -0.4 is 5.73 Å². The molecule has 0 saturated heterocycles. The molecule has 1 atom stereocenters. The molecule has 1 heterocycles. The number of hydrogen-bond acceptors (Lipinski definition) is 2. The van der Waals surface area contributed by atoms with Crippen molar-refractivity contribution in [3.05, 3.63) is 52.3 Å². The highest BCUT2D eigenvalue weighted by molar-refractivity contribution is 6.30. The zero-order valence-corrected chi connectivity index (χ0v) is 12.4. The van der Waals surface area contributed by atoms with Crippen LogP contribution in [0.3, 0.4) is 0 Å². The molecule has 4 heteroatoms. The van der Waals surface area contributed by atoms with Crippen LogP contribution in [0.4, 0.5) is 0 Å². The number of rotatable bonds is 4. The van der Waals surface area contributed by atoms with E-state index in [1.807, 2.05) is 42.9 Å². The lowest BCUT2D eigenvalue weighted by Crippen LogP contribution is -2.36. The molecule has 2 N–H and O–H groups in total. The van der Waals surface area contributed by atoms with Gasteiger partial charge in [-0.25, -0.2) is 0 Å². The molecule has 2 aromatic rings. The molecule has 0 amide bonds. The minimum atomic E-state index is -0.427. The lowest BCUT2D eigenvalue weighted by Gasteiger charge is -2.25. The summed E-state index contributed by atoms with van der Waals surface area (Å²) in [7, 11) is 1.96. The molecule has 0 bridgehead atoms. The van der Waals surface area contributed by atoms with E-state index in [0.717, 1.165) is 34.8 Å². The molecule has 0 fully saturated rings. The molecule has 1 aromatic heterocycles. The van der Waals surface area contributed by atoms with Gasteiger partial charge in [0, 0.05) is 29.7 Å². The normalized spacial score (nSPS) is 14.4. The van der Waals surface area contributed by atoms with Crippen molar-refractivity contribution in [2.45, 2.75) is 32.2 Å². The molecule has 3 nitrogen and oxygen atoms in total. The van der Waals surface area contributed by atoms with E-state index < -0.39 is 5.54 Å². The fourth-order valence-corrected chi connectivity index (χ4v) is 2.34. The van der Waals surface area contributed by atoms with Crippen molar-refractivity contribution in [3.8, 4) is 0 Å². The van der Waals surface area contributed by atoms with Crippen molar-refractivity contribution in [1.82, 2.24) is 9.78 Å². The molecule has 1 aromatic carbocycles. The van der Waals surface area contributed by atoms with E-state index in [4.69, 9.17) is 17.3 Å². The molecular formula is C15H20ClN3. The third-order valence-electron chi connectivity index (χ3n) is 3.44. The molecule has 2 rings (SSSR count). The van der Waals surface area contributed by atoms with Gasteiger partial charge >= 0.3 is 0 Å². The standard InChI is InChI=1S/C15H20ClN3/c1-4-13-9-14(19(3)18-13)10-15(2,17)11-5-7-12(16)8-6-11/h5-9H,4,10,17H2,1-3H3. The van der Waals surface area contributed by atoms with Gasteiger partial charge in [-0.2, -0.15) is 5.10 Å². The first kappa shape index (κ1) is 14.1. The molecule has 0 aliphatic rings. The summed E-state index contributed by atoms with van der Waals surface area (Å²) >= 11 is 5.91. The van der Waals surface area contributed by atoms with E-state index in [9.17, 15) is 0 Å². The second-order valence-corrected chi connectivity index (χ2v) is 5.64. The van der Waals surface area contributed by atoms with Crippen LogP contribution in [-0.2, 0) is 25.4 Å². The van der Waals surface area contributed by atoms with Crippen LogP contribution >= 0.6 is 11.6 Å². The van der Waals surface area contributed by atoms with Crippen LogP contribution in [0.2, 0.25) is 5.02 Å². The highest BCUT2D eigenvalue weighted by atomic mass is 35.5. The third-order valence-corrected chi connectivity index (χ3v) is 3.69. The molecule has 0 saturated carbocycles. The Balaban J connectivity index is 2.24. The summed E-state index contributed by atoms with van der Waals surface area (Å²) < 4.78 is 1.92. The number of nitrogens with two attached hydrogens (primary N) is 1. The Morgan fingerprint density at radius 2 is 1.95 bits per heavy atom. The second-order valence-electron chi connectivity index (χ2n) is 5.21. The fraction of sp³-hybridized carbons (Fsp3) is 0.400. The van der Waals surface area contributed by atoms with Gasteiger partial charge in [0.1, 0.15) is 0 Å². The molecule has 102 valence electrons. The van der Waals surface area contributed by atoms with Crippen molar-refractivity contribution >= 4 is 11.6 Å². The summed E-state index contributed by atoms with van der Waals surface area (Å²) in [6.07, 6.45) is 1.69. The van der Waals surface area contributed by atoms with Crippen LogP contribution in [0.15, 0.2) is 30.3 Å². The molecule has 1 unspecified atom stereocenters. The van der Waals surface area contributed by atoms with Crippen molar-refractivity contribution in [2.24, 2.45) is 12.8 Å². The maximum absolute atomic E-state index is 6.46. The highest BCUT2D eigenvalue weighted by Gasteiger charge is 2.23. The minimum absolute atomic E-state index is 0.427. The van der Waals surface area contributed by atoms with Crippen LogP contribution in [0.25, 0.3) is 0 Å². The van der Waals surface area contributed by atoms with E-state index in [1.165, 1.54) is 0 Å². The summed E-state index contributed by atoms with van der Waals surface area (Å²) in [5.74, 6) is 0. The van der Waals surface area contributed by atoms with Crippen molar-refractivity contribution in [3.63, 3.8) is 0 Å². The SMILES string of the molecule is CCc1cc(CC(C)(N)c2ccc(Cl)cc2)n(C)n1. The number of aryl methyl sites for hydroxylation is 2. The highest BCUT2D eigenvalue weighted by Crippen LogP contribution is 2.24. The molecule has 0 aliphatic heterocycles. The fourth-order valence-electron chi connectivity index (χ4n) is 2.22. The summed E-state index contributed by atoms with van der Waals surface area (Å²) in [5.41, 5.74) is 9.36. The molecule has 19 heavy (non-hydrogen) atoms. The zero-order chi connectivity index (χ0) is 14.0. The number of hydrogen-bond donors (Lipinski definition) is 1. The van der Waals surface area contributed by atoms with E-state index in [1.54, 1.807) is 0 Å². The summed E-state index contributed by atoms with van der Waals surface area (Å²) in [6, 6.07) is 9.85. The van der Waals surface area contributed by atoms with Crippen molar-refractivity contribution in [2.75, 3.05) is 0 Å². The van der Waals surface area contributed by atoms with Crippen molar-refractivity contribution in [1.29, 1.82) is 0 Å². The van der Waals surface area contributed by atoms with E-state index in [-0.39, 0.29) is 0 Å². The average molecular weight is 278 g/mol. The third kappa shape index (κ3) is 3.17. The zero-order valence-electron chi connectivity index (χ0n) is 11.7. The Hall–Kier alpha value is -1.32. The lowest BCUT2D eigenvalue weighted by molar-refractivity contribution is 0.472. The number of nitrogens with zero attached hydrogens (tertiary/aromatic N) is 2. The second kappa shape index (κ2) is 5.35. The number of halogens is 1. The largest absolute Gasteiger partial charge is 0.321 e. The lowest BCUT2D eigenvalue weighted by atomic mass is 9.88. The quantitative estimate of drug-likeness (QED) is 0.933. The Bertz CT molecular complexity index is 555. The van der Waals surface area contributed by atoms with Crippen LogP contribution in [0, 0.1) is 0 Å². The summed E-state index contributed by atoms with van der Waals surface area (Å²) in [5, 5.41) is 5.19. The molecule has 0 spiro atoms. The Kier molecular flexibility index (Phi) is 3.97. The van der Waals surface area contributed by atoms with Crippen molar-refractivity contribution < 1.29 is 0 Å². The van der Waals surface area contributed by atoms with E-state index in [2.05, 4.69) is 18.1 Å². The predicted octanol–water partition coefficient (Wildman–Crippen LogP) is 3.05. The topological polar surface area (TPSA) is 43.8 Å². The average Bonchev–Trinajstić information content (AvgIpc) is 2.70. The molecule has 0 aliphatic carbocycles. The molecular weight excluding hydrogens is 258 g/mol. The van der Waals surface area contributed by atoms with Gasteiger partial charge in [0.25, 0.3) is 0 Å². The predicted molar refractivity (Wildman–Crippen MR) is 79.3 cm³/mol. The Morgan fingerprint density at radius 3 is 2.47 bits per heavy atom. The Morgan fingerprint density at radius 1 is 1.32 bits per heavy atom. The Labute approximate surface area is 119 Å². The van der Waals surface area contributed by atoms with Gasteiger partial charge in [0.05, 0.1) is 5.69 Å². The van der Waals surface area contributed by atoms with Gasteiger partial charge in [-0.1, -0.05) is 30.7 Å². The summed E-state index contributed by atoms with van der Waals surface area (Å²) in [4.78, 5) is 0. The minimum Gasteiger partial charge on any atom is -0.321 e. The first-order chi connectivity index (χ1) is 8.92. The smallest absolute Gasteiger partial charge is 0.0624 e. The number of benzene rings is 1. The number of aromatic nitrogens is 2. The van der Waals surface area contributed by atoms with Gasteiger partial charge in [-0.05, 0) is 37.1 Å². The van der Waals surface area contributed by atoms with Gasteiger partial charge in [-0.15, -0.1) is 0 Å². The monoisotopic (exact) mass is 277 g/mol. The van der Waals surface area contributed by atoms with E-state index in [0.29, 0.717) is 0 Å². The van der Waals surface area contributed by atoms with Gasteiger partial charge in [0.2, 0.25) is 0 Å². The maximum Gasteiger partial charge on any atom is 0.0624 e. The van der Waals surface area contributed by atoms with Crippen LogP contribution in [0.1, 0.15) is 30.8 Å². The van der Waals surface area contributed by atoms with Crippen LogP contribution in [0.5, 0.6) is 0 Å². The van der Waals surface area contributed by atoms with Gasteiger partial charge < -0.3 is 5.73 Å². The van der Waals surface area contributed by atoms with E-state index >= 15 is 0 Å².